The lowest BCUT2D eigenvalue weighted by Gasteiger charge is -2.12. The van der Waals surface area contributed by atoms with Crippen LogP contribution >= 0.6 is 11.6 Å². The Balaban J connectivity index is 2.76. The van der Waals surface area contributed by atoms with E-state index in [1.165, 1.54) is 6.07 Å². The van der Waals surface area contributed by atoms with E-state index in [4.69, 9.17) is 11.6 Å². The number of H-pyrrole nitrogens is 1. The summed E-state index contributed by atoms with van der Waals surface area (Å²) in [6.45, 7) is 0. The number of fused-ring (bicyclic) bond motifs is 1. The van der Waals surface area contributed by atoms with E-state index in [0.29, 0.717) is 5.02 Å². The lowest BCUT2D eigenvalue weighted by molar-refractivity contribution is 1.13. The van der Waals surface area contributed by atoms with Gasteiger partial charge >= 0.3 is 0 Å². The maximum absolute atomic E-state index is 11.2. The van der Waals surface area contributed by atoms with E-state index in [0.717, 1.165) is 16.6 Å². The van der Waals surface area contributed by atoms with Gasteiger partial charge in [-0.15, -0.1) is 0 Å². The number of rotatable bonds is 1. The molecule has 1 N–H and O–H groups in total. The minimum absolute atomic E-state index is 0.177. The van der Waals surface area contributed by atoms with Crippen molar-refractivity contribution in [3.63, 3.8) is 0 Å². The standard InChI is InChI=1S/C11H11ClN2O/c1-14(2)7-3-4-8-9(12)6-11(15)13-10(8)5-7/h3-6H,1-2H3,(H,13,15). The Bertz CT molecular complexity index is 560. The number of anilines is 1. The molecular weight excluding hydrogens is 212 g/mol. The number of hydrogen-bond donors (Lipinski definition) is 1. The molecule has 0 radical (unpaired) electrons. The Labute approximate surface area is 92.3 Å². The average molecular weight is 223 g/mol. The van der Waals surface area contributed by atoms with Gasteiger partial charge in [0.15, 0.2) is 0 Å². The first kappa shape index (κ1) is 10.1. The Morgan fingerprint density at radius 1 is 1.27 bits per heavy atom. The van der Waals surface area contributed by atoms with Gasteiger partial charge in [-0.3, -0.25) is 4.79 Å². The number of nitrogens with zero attached hydrogens (tertiary/aromatic N) is 1. The van der Waals surface area contributed by atoms with Gasteiger partial charge in [-0.05, 0) is 18.2 Å². The summed E-state index contributed by atoms with van der Waals surface area (Å²) >= 11 is 5.96. The second-order valence-corrected chi connectivity index (χ2v) is 4.01. The zero-order valence-corrected chi connectivity index (χ0v) is 9.30. The van der Waals surface area contributed by atoms with Crippen LogP contribution in [0.3, 0.4) is 0 Å². The minimum atomic E-state index is -0.177. The average Bonchev–Trinajstić information content (AvgIpc) is 2.16. The van der Waals surface area contributed by atoms with Gasteiger partial charge in [-0.25, -0.2) is 0 Å². The largest absolute Gasteiger partial charge is 0.378 e. The monoisotopic (exact) mass is 222 g/mol. The molecule has 15 heavy (non-hydrogen) atoms. The van der Waals surface area contributed by atoms with Crippen molar-refractivity contribution in [2.24, 2.45) is 0 Å². The SMILES string of the molecule is CN(C)c1ccc2c(Cl)cc(=O)[nH]c2c1. The highest BCUT2D eigenvalue weighted by molar-refractivity contribution is 6.35. The molecule has 0 unspecified atom stereocenters. The first-order valence-electron chi connectivity index (χ1n) is 4.58. The highest BCUT2D eigenvalue weighted by Gasteiger charge is 2.03. The van der Waals surface area contributed by atoms with Crippen LogP contribution in [-0.4, -0.2) is 19.1 Å². The summed E-state index contributed by atoms with van der Waals surface area (Å²) in [5.74, 6) is 0. The third kappa shape index (κ3) is 1.83. The number of halogens is 1. The molecule has 0 aliphatic rings. The molecule has 0 saturated carbocycles. The summed E-state index contributed by atoms with van der Waals surface area (Å²) in [5, 5.41) is 1.35. The van der Waals surface area contributed by atoms with Gasteiger partial charge < -0.3 is 9.88 Å². The second-order valence-electron chi connectivity index (χ2n) is 3.61. The maximum atomic E-state index is 11.2. The number of aromatic nitrogens is 1. The smallest absolute Gasteiger partial charge is 0.249 e. The maximum Gasteiger partial charge on any atom is 0.249 e. The molecule has 0 spiro atoms. The van der Waals surface area contributed by atoms with Gasteiger partial charge in [-0.2, -0.15) is 0 Å². The van der Waals surface area contributed by atoms with Gasteiger partial charge in [0.05, 0.1) is 10.5 Å². The molecule has 1 aromatic heterocycles. The van der Waals surface area contributed by atoms with Crippen LogP contribution < -0.4 is 10.5 Å². The minimum Gasteiger partial charge on any atom is -0.378 e. The van der Waals surface area contributed by atoms with Crippen molar-refractivity contribution in [1.82, 2.24) is 4.98 Å². The van der Waals surface area contributed by atoms with E-state index < -0.39 is 0 Å². The van der Waals surface area contributed by atoms with Gasteiger partial charge in [0.2, 0.25) is 5.56 Å². The summed E-state index contributed by atoms with van der Waals surface area (Å²) in [5.41, 5.74) is 1.61. The van der Waals surface area contributed by atoms with Crippen LogP contribution in [0.5, 0.6) is 0 Å². The van der Waals surface area contributed by atoms with E-state index >= 15 is 0 Å². The van der Waals surface area contributed by atoms with Crippen LogP contribution in [-0.2, 0) is 0 Å². The molecule has 1 heterocycles. The van der Waals surface area contributed by atoms with Crippen LogP contribution in [0.1, 0.15) is 0 Å². The molecular formula is C11H11ClN2O. The van der Waals surface area contributed by atoms with Gasteiger partial charge in [-0.1, -0.05) is 11.6 Å². The van der Waals surface area contributed by atoms with Crippen LogP contribution in [0.25, 0.3) is 10.9 Å². The lowest BCUT2D eigenvalue weighted by Crippen LogP contribution is -2.09. The van der Waals surface area contributed by atoms with Gasteiger partial charge in [0.1, 0.15) is 0 Å². The van der Waals surface area contributed by atoms with Gasteiger partial charge in [0.25, 0.3) is 0 Å². The molecule has 0 amide bonds. The topological polar surface area (TPSA) is 36.1 Å². The molecule has 0 aliphatic carbocycles. The summed E-state index contributed by atoms with van der Waals surface area (Å²) in [6.07, 6.45) is 0. The summed E-state index contributed by atoms with van der Waals surface area (Å²) in [4.78, 5) is 16.0. The van der Waals surface area contributed by atoms with Crippen molar-refractivity contribution in [3.8, 4) is 0 Å². The number of nitrogens with one attached hydrogen (secondary N) is 1. The normalized spacial score (nSPS) is 10.6. The Morgan fingerprint density at radius 2 is 2.00 bits per heavy atom. The first-order chi connectivity index (χ1) is 7.08. The van der Waals surface area contributed by atoms with E-state index in [1.54, 1.807) is 0 Å². The molecule has 2 aromatic rings. The van der Waals surface area contributed by atoms with Crippen molar-refractivity contribution in [2.45, 2.75) is 0 Å². The van der Waals surface area contributed by atoms with E-state index in [1.807, 2.05) is 37.2 Å². The predicted molar refractivity (Wildman–Crippen MR) is 63.9 cm³/mol. The first-order valence-corrected chi connectivity index (χ1v) is 4.95. The third-order valence-electron chi connectivity index (χ3n) is 2.29. The van der Waals surface area contributed by atoms with Crippen molar-refractivity contribution < 1.29 is 0 Å². The fraction of sp³-hybridized carbons (Fsp3) is 0.182. The highest BCUT2D eigenvalue weighted by Crippen LogP contribution is 2.23. The summed E-state index contributed by atoms with van der Waals surface area (Å²) in [6, 6.07) is 7.16. The van der Waals surface area contributed by atoms with E-state index in [9.17, 15) is 4.79 Å². The number of hydrogen-bond acceptors (Lipinski definition) is 2. The Hall–Kier alpha value is -1.48. The molecule has 0 atom stereocenters. The zero-order chi connectivity index (χ0) is 11.0. The van der Waals surface area contributed by atoms with Crippen LogP contribution in [0.15, 0.2) is 29.1 Å². The second kappa shape index (κ2) is 3.59. The van der Waals surface area contributed by atoms with Crippen LogP contribution in [0.4, 0.5) is 5.69 Å². The molecule has 0 saturated heterocycles. The molecule has 4 heteroatoms. The predicted octanol–water partition coefficient (Wildman–Crippen LogP) is 2.25. The Morgan fingerprint density at radius 3 is 2.67 bits per heavy atom. The molecule has 3 nitrogen and oxygen atoms in total. The molecule has 0 aliphatic heterocycles. The fourth-order valence-corrected chi connectivity index (χ4v) is 1.75. The van der Waals surface area contributed by atoms with Crippen molar-refractivity contribution in [1.29, 1.82) is 0 Å². The fourth-order valence-electron chi connectivity index (χ4n) is 1.48. The lowest BCUT2D eigenvalue weighted by atomic mass is 10.2. The number of aromatic amines is 1. The quantitative estimate of drug-likeness (QED) is 0.804. The number of benzene rings is 1. The van der Waals surface area contributed by atoms with Crippen molar-refractivity contribution >= 4 is 28.2 Å². The van der Waals surface area contributed by atoms with Crippen LogP contribution in [0.2, 0.25) is 5.02 Å². The molecule has 0 fully saturated rings. The summed E-state index contributed by atoms with van der Waals surface area (Å²) in [7, 11) is 3.90. The molecule has 0 bridgehead atoms. The molecule has 2 rings (SSSR count). The number of pyridine rings is 1. The van der Waals surface area contributed by atoms with Gasteiger partial charge in [0, 0.05) is 31.2 Å². The molecule has 78 valence electrons. The third-order valence-corrected chi connectivity index (χ3v) is 2.61. The van der Waals surface area contributed by atoms with Crippen LogP contribution in [0, 0.1) is 0 Å². The summed E-state index contributed by atoms with van der Waals surface area (Å²) < 4.78 is 0. The van der Waals surface area contributed by atoms with E-state index in [-0.39, 0.29) is 5.56 Å². The molecule has 1 aromatic carbocycles. The Kier molecular flexibility index (Phi) is 2.40. The zero-order valence-electron chi connectivity index (χ0n) is 8.54. The highest BCUT2D eigenvalue weighted by atomic mass is 35.5. The van der Waals surface area contributed by atoms with E-state index in [2.05, 4.69) is 4.98 Å². The van der Waals surface area contributed by atoms with Crippen molar-refractivity contribution in [2.75, 3.05) is 19.0 Å². The van der Waals surface area contributed by atoms with Crippen molar-refractivity contribution in [3.05, 3.63) is 39.6 Å².